The van der Waals surface area contributed by atoms with E-state index in [0.29, 0.717) is 23.6 Å². The molecule has 3 aliphatic rings. The monoisotopic (exact) mass is 259 g/mol. The lowest BCUT2D eigenvalue weighted by molar-refractivity contribution is -0.105. The second kappa shape index (κ2) is 4.54. The topological polar surface area (TPSA) is 46.2 Å². The number of hydrogen-bond donors (Lipinski definition) is 1. The number of nitrogens with one attached hydrogen (secondary N) is 1. The van der Waals surface area contributed by atoms with E-state index in [0.717, 1.165) is 18.3 Å². The lowest BCUT2D eigenvalue weighted by atomic mass is 9.45. The van der Waals surface area contributed by atoms with Crippen molar-refractivity contribution in [1.82, 2.24) is 4.72 Å². The second-order valence-corrected chi connectivity index (χ2v) is 8.23. The molecule has 3 nitrogen and oxygen atoms in total. The molecule has 0 saturated heterocycles. The minimum Gasteiger partial charge on any atom is -0.216 e. The molecule has 0 aliphatic heterocycles. The van der Waals surface area contributed by atoms with Crippen LogP contribution in [-0.4, -0.2) is 20.7 Å². The Balaban J connectivity index is 1.88. The largest absolute Gasteiger partial charge is 0.216 e. The first kappa shape index (κ1) is 13.3. The molecule has 4 heteroatoms. The summed E-state index contributed by atoms with van der Waals surface area (Å²) in [5, 5.41) is 0. The average molecular weight is 259 g/mol. The molecule has 0 unspecified atom stereocenters. The van der Waals surface area contributed by atoms with E-state index in [1.165, 1.54) is 19.3 Å². The SMILES string of the molecule is CCNS(=O)(=O)CC[C@H]1CC[C@H]2C[C@@H]1C2(C)C. The van der Waals surface area contributed by atoms with Gasteiger partial charge >= 0.3 is 0 Å². The highest BCUT2D eigenvalue weighted by molar-refractivity contribution is 7.89. The van der Waals surface area contributed by atoms with Crippen LogP contribution < -0.4 is 4.72 Å². The van der Waals surface area contributed by atoms with Crippen LogP contribution >= 0.6 is 0 Å². The third-order valence-electron chi connectivity index (χ3n) is 5.12. The summed E-state index contributed by atoms with van der Waals surface area (Å²) in [6, 6.07) is 0. The molecule has 0 aromatic rings. The summed E-state index contributed by atoms with van der Waals surface area (Å²) in [5.41, 5.74) is 0.463. The molecule has 0 spiro atoms. The van der Waals surface area contributed by atoms with Crippen LogP contribution in [0.25, 0.3) is 0 Å². The zero-order valence-corrected chi connectivity index (χ0v) is 12.0. The van der Waals surface area contributed by atoms with Gasteiger partial charge in [0.1, 0.15) is 0 Å². The van der Waals surface area contributed by atoms with Crippen molar-refractivity contribution < 1.29 is 8.42 Å². The maximum absolute atomic E-state index is 11.6. The Labute approximate surface area is 105 Å². The van der Waals surface area contributed by atoms with Crippen molar-refractivity contribution in [3.63, 3.8) is 0 Å². The Bertz CT molecular complexity index is 373. The van der Waals surface area contributed by atoms with Gasteiger partial charge < -0.3 is 0 Å². The van der Waals surface area contributed by atoms with Crippen molar-refractivity contribution in [3.8, 4) is 0 Å². The molecule has 0 radical (unpaired) electrons. The zero-order valence-electron chi connectivity index (χ0n) is 11.2. The van der Waals surface area contributed by atoms with Crippen LogP contribution in [0, 0.1) is 23.2 Å². The second-order valence-electron chi connectivity index (χ2n) is 6.30. The molecule has 3 saturated carbocycles. The van der Waals surface area contributed by atoms with Gasteiger partial charge in [-0.25, -0.2) is 13.1 Å². The molecule has 17 heavy (non-hydrogen) atoms. The number of fused-ring (bicyclic) bond motifs is 2. The van der Waals surface area contributed by atoms with E-state index in [1.54, 1.807) is 0 Å². The fourth-order valence-electron chi connectivity index (χ4n) is 3.91. The molecular weight excluding hydrogens is 234 g/mol. The molecule has 3 atom stereocenters. The third kappa shape index (κ3) is 2.53. The number of rotatable bonds is 5. The van der Waals surface area contributed by atoms with E-state index in [2.05, 4.69) is 18.6 Å². The Hall–Kier alpha value is -0.0900. The highest BCUT2D eigenvalue weighted by Gasteiger charge is 2.53. The molecular formula is C13H25NO2S. The summed E-state index contributed by atoms with van der Waals surface area (Å²) >= 11 is 0. The standard InChI is InChI=1S/C13H25NO2S/c1-4-14-17(15,16)8-7-10-5-6-11-9-12(10)13(11,2)3/h10-12,14H,4-9H2,1-3H3/t10-,11+,12+/m1/s1. The maximum atomic E-state index is 11.6. The zero-order chi connectivity index (χ0) is 12.7. The molecule has 0 amide bonds. The fraction of sp³-hybridized carbons (Fsp3) is 1.00. The fourth-order valence-corrected chi connectivity index (χ4v) is 5.10. The van der Waals surface area contributed by atoms with Gasteiger partial charge in [-0.15, -0.1) is 0 Å². The summed E-state index contributed by atoms with van der Waals surface area (Å²) < 4.78 is 25.9. The Morgan fingerprint density at radius 2 is 2.00 bits per heavy atom. The Morgan fingerprint density at radius 3 is 2.53 bits per heavy atom. The molecule has 2 bridgehead atoms. The van der Waals surface area contributed by atoms with Crippen LogP contribution in [0.4, 0.5) is 0 Å². The molecule has 3 fully saturated rings. The molecule has 1 N–H and O–H groups in total. The third-order valence-corrected chi connectivity index (χ3v) is 6.62. The van der Waals surface area contributed by atoms with Gasteiger partial charge in [0.2, 0.25) is 10.0 Å². The van der Waals surface area contributed by atoms with Crippen molar-refractivity contribution in [2.75, 3.05) is 12.3 Å². The number of hydrogen-bond acceptors (Lipinski definition) is 2. The van der Waals surface area contributed by atoms with Crippen LogP contribution in [0.5, 0.6) is 0 Å². The van der Waals surface area contributed by atoms with Gasteiger partial charge in [-0.2, -0.15) is 0 Å². The normalized spacial score (nSPS) is 35.4. The Morgan fingerprint density at radius 1 is 1.29 bits per heavy atom. The summed E-state index contributed by atoms with van der Waals surface area (Å²) in [6.07, 6.45) is 4.71. The van der Waals surface area contributed by atoms with Crippen LogP contribution in [0.3, 0.4) is 0 Å². The van der Waals surface area contributed by atoms with Crippen molar-refractivity contribution >= 4 is 10.0 Å². The summed E-state index contributed by atoms with van der Waals surface area (Å²) in [7, 11) is -3.02. The lowest BCUT2D eigenvalue weighted by Gasteiger charge is -2.60. The molecule has 3 rings (SSSR count). The average Bonchev–Trinajstić information content (AvgIpc) is 2.26. The minimum absolute atomic E-state index is 0.308. The van der Waals surface area contributed by atoms with Crippen LogP contribution in [0.15, 0.2) is 0 Å². The summed E-state index contributed by atoms with van der Waals surface area (Å²) in [4.78, 5) is 0. The van der Waals surface area contributed by atoms with E-state index in [9.17, 15) is 8.42 Å². The lowest BCUT2D eigenvalue weighted by Crippen LogP contribution is -2.52. The minimum atomic E-state index is -3.02. The van der Waals surface area contributed by atoms with Gasteiger partial charge in [-0.05, 0) is 48.9 Å². The highest BCUT2D eigenvalue weighted by atomic mass is 32.2. The Kier molecular flexibility index (Phi) is 3.56. The van der Waals surface area contributed by atoms with E-state index < -0.39 is 10.0 Å². The van der Waals surface area contributed by atoms with Gasteiger partial charge in [0, 0.05) is 6.54 Å². The van der Waals surface area contributed by atoms with Crippen LogP contribution in [0.2, 0.25) is 0 Å². The van der Waals surface area contributed by atoms with E-state index in [1.807, 2.05) is 6.92 Å². The molecule has 0 heterocycles. The van der Waals surface area contributed by atoms with Crippen molar-refractivity contribution in [2.45, 2.75) is 46.5 Å². The molecule has 0 aromatic carbocycles. The van der Waals surface area contributed by atoms with Crippen LogP contribution in [0.1, 0.15) is 46.5 Å². The van der Waals surface area contributed by atoms with E-state index in [-0.39, 0.29) is 0 Å². The van der Waals surface area contributed by atoms with Crippen molar-refractivity contribution in [2.24, 2.45) is 23.2 Å². The van der Waals surface area contributed by atoms with E-state index in [4.69, 9.17) is 0 Å². The first-order valence-electron chi connectivity index (χ1n) is 6.84. The smallest absolute Gasteiger partial charge is 0.211 e. The van der Waals surface area contributed by atoms with Gasteiger partial charge in [0.15, 0.2) is 0 Å². The quantitative estimate of drug-likeness (QED) is 0.824. The molecule has 0 aromatic heterocycles. The van der Waals surface area contributed by atoms with Gasteiger partial charge in [-0.3, -0.25) is 0 Å². The van der Waals surface area contributed by atoms with Crippen LogP contribution in [-0.2, 0) is 10.0 Å². The number of sulfonamides is 1. The van der Waals surface area contributed by atoms with E-state index >= 15 is 0 Å². The predicted octanol–water partition coefficient (Wildman–Crippen LogP) is 2.39. The summed E-state index contributed by atoms with van der Waals surface area (Å²) in [6.45, 7) is 7.05. The molecule has 100 valence electrons. The van der Waals surface area contributed by atoms with Gasteiger partial charge in [0.25, 0.3) is 0 Å². The maximum Gasteiger partial charge on any atom is 0.211 e. The first-order chi connectivity index (χ1) is 7.87. The first-order valence-corrected chi connectivity index (χ1v) is 8.49. The molecule has 3 aliphatic carbocycles. The summed E-state index contributed by atoms with van der Waals surface area (Å²) in [5.74, 6) is 2.60. The van der Waals surface area contributed by atoms with Gasteiger partial charge in [0.05, 0.1) is 5.75 Å². The van der Waals surface area contributed by atoms with Crippen molar-refractivity contribution in [1.29, 1.82) is 0 Å². The van der Waals surface area contributed by atoms with Crippen molar-refractivity contribution in [3.05, 3.63) is 0 Å². The highest BCUT2D eigenvalue weighted by Crippen LogP contribution is 2.61. The predicted molar refractivity (Wildman–Crippen MR) is 70.2 cm³/mol. The van der Waals surface area contributed by atoms with Gasteiger partial charge in [-0.1, -0.05) is 20.8 Å².